The van der Waals surface area contributed by atoms with Gasteiger partial charge in [0.2, 0.25) is 5.91 Å². The van der Waals surface area contributed by atoms with Crippen molar-refractivity contribution >= 4 is 17.5 Å². The summed E-state index contributed by atoms with van der Waals surface area (Å²) in [7, 11) is 1.66. The quantitative estimate of drug-likeness (QED) is 0.900. The summed E-state index contributed by atoms with van der Waals surface area (Å²) in [6.45, 7) is 2.41. The van der Waals surface area contributed by atoms with Gasteiger partial charge in [-0.15, -0.1) is 0 Å². The first-order chi connectivity index (χ1) is 9.54. The molecule has 1 saturated heterocycles. The Kier molecular flexibility index (Phi) is 4.39. The monoisotopic (exact) mass is 276 g/mol. The molecular weight excluding hydrogens is 256 g/mol. The van der Waals surface area contributed by atoms with E-state index in [0.717, 1.165) is 12.1 Å². The van der Waals surface area contributed by atoms with E-state index in [-0.39, 0.29) is 24.5 Å². The second-order valence-corrected chi connectivity index (χ2v) is 5.15. The molecule has 1 aromatic carbocycles. The molecule has 5 nitrogen and oxygen atoms in total. The molecule has 1 aliphatic heterocycles. The molecule has 2 amide bonds. The summed E-state index contributed by atoms with van der Waals surface area (Å²) in [6.07, 6.45) is 1.43. The number of amides is 2. The van der Waals surface area contributed by atoms with E-state index in [4.69, 9.17) is 5.11 Å². The number of benzene rings is 1. The summed E-state index contributed by atoms with van der Waals surface area (Å²) < 4.78 is 0. The van der Waals surface area contributed by atoms with Crippen LogP contribution in [0, 0.1) is 0 Å². The van der Waals surface area contributed by atoms with E-state index in [1.54, 1.807) is 37.1 Å². The van der Waals surface area contributed by atoms with Crippen molar-refractivity contribution < 1.29 is 14.7 Å². The van der Waals surface area contributed by atoms with E-state index in [2.05, 4.69) is 0 Å². The lowest BCUT2D eigenvalue weighted by molar-refractivity contribution is -0.117. The van der Waals surface area contributed by atoms with Gasteiger partial charge in [-0.2, -0.15) is 0 Å². The number of rotatable bonds is 4. The van der Waals surface area contributed by atoms with Crippen LogP contribution >= 0.6 is 0 Å². The van der Waals surface area contributed by atoms with E-state index < -0.39 is 0 Å². The zero-order valence-corrected chi connectivity index (χ0v) is 11.9. The second kappa shape index (κ2) is 6.05. The molecule has 1 atom stereocenters. The third-order valence-corrected chi connectivity index (χ3v) is 3.72. The Labute approximate surface area is 118 Å². The van der Waals surface area contributed by atoms with Crippen molar-refractivity contribution in [2.45, 2.75) is 25.8 Å². The van der Waals surface area contributed by atoms with Crippen LogP contribution in [0.3, 0.4) is 0 Å². The molecule has 1 unspecified atom stereocenters. The maximum atomic E-state index is 12.3. The maximum absolute atomic E-state index is 12.3. The Hall–Kier alpha value is -1.88. The highest BCUT2D eigenvalue weighted by Crippen LogP contribution is 2.22. The Morgan fingerprint density at radius 2 is 2.25 bits per heavy atom. The van der Waals surface area contributed by atoms with Crippen LogP contribution in [0.15, 0.2) is 24.3 Å². The van der Waals surface area contributed by atoms with Gasteiger partial charge in [0.1, 0.15) is 0 Å². The highest BCUT2D eigenvalue weighted by molar-refractivity contribution is 5.99. The molecule has 0 aromatic heterocycles. The van der Waals surface area contributed by atoms with E-state index in [1.165, 1.54) is 4.90 Å². The number of anilines is 1. The van der Waals surface area contributed by atoms with Crippen LogP contribution in [0.1, 0.15) is 30.1 Å². The molecule has 1 heterocycles. The standard InChI is InChI=1S/C15H20N2O3/c1-11(10-18)16(2)15(20)12-5-3-6-13(9-12)17-8-4-7-14(17)19/h3,5-6,9,11,18H,4,7-8,10H2,1-2H3. The van der Waals surface area contributed by atoms with Gasteiger partial charge in [-0.05, 0) is 31.5 Å². The number of carbonyl (C=O) groups is 2. The summed E-state index contributed by atoms with van der Waals surface area (Å²) in [5, 5.41) is 9.12. The fourth-order valence-electron chi connectivity index (χ4n) is 2.25. The number of hydrogen-bond acceptors (Lipinski definition) is 3. The second-order valence-electron chi connectivity index (χ2n) is 5.15. The van der Waals surface area contributed by atoms with E-state index in [9.17, 15) is 9.59 Å². The first-order valence-corrected chi connectivity index (χ1v) is 6.83. The van der Waals surface area contributed by atoms with Gasteiger partial charge in [0.15, 0.2) is 0 Å². The number of likely N-dealkylation sites (N-methyl/N-ethyl adjacent to an activating group) is 1. The normalized spacial score (nSPS) is 16.4. The van der Waals surface area contributed by atoms with Gasteiger partial charge >= 0.3 is 0 Å². The molecular formula is C15H20N2O3. The predicted octanol–water partition coefficient (Wildman–Crippen LogP) is 1.27. The fourth-order valence-corrected chi connectivity index (χ4v) is 2.25. The van der Waals surface area contributed by atoms with E-state index in [1.807, 2.05) is 6.07 Å². The molecule has 1 aliphatic rings. The summed E-state index contributed by atoms with van der Waals surface area (Å²) in [4.78, 5) is 27.3. The van der Waals surface area contributed by atoms with Crippen molar-refractivity contribution in [2.24, 2.45) is 0 Å². The molecule has 0 radical (unpaired) electrons. The number of hydrogen-bond donors (Lipinski definition) is 1. The topological polar surface area (TPSA) is 60.9 Å². The minimum atomic E-state index is -0.237. The number of carbonyl (C=O) groups excluding carboxylic acids is 2. The Bertz CT molecular complexity index is 516. The predicted molar refractivity (Wildman–Crippen MR) is 76.7 cm³/mol. The molecule has 20 heavy (non-hydrogen) atoms. The van der Waals surface area contributed by atoms with Crippen LogP contribution in [0.25, 0.3) is 0 Å². The molecule has 0 aliphatic carbocycles. The van der Waals surface area contributed by atoms with Crippen molar-refractivity contribution in [3.63, 3.8) is 0 Å². The fraction of sp³-hybridized carbons (Fsp3) is 0.467. The number of aliphatic hydroxyl groups is 1. The zero-order chi connectivity index (χ0) is 14.7. The van der Waals surface area contributed by atoms with Crippen molar-refractivity contribution in [2.75, 3.05) is 25.1 Å². The molecule has 1 N–H and O–H groups in total. The van der Waals surface area contributed by atoms with Gasteiger partial charge in [-0.1, -0.05) is 6.07 Å². The molecule has 1 aromatic rings. The molecule has 0 spiro atoms. The summed E-state index contributed by atoms with van der Waals surface area (Å²) in [6, 6.07) is 6.86. The van der Waals surface area contributed by atoms with Gasteiger partial charge < -0.3 is 14.9 Å². The molecule has 0 saturated carbocycles. The molecule has 2 rings (SSSR count). The van der Waals surface area contributed by atoms with Crippen molar-refractivity contribution in [3.05, 3.63) is 29.8 Å². The number of nitrogens with zero attached hydrogens (tertiary/aromatic N) is 2. The average Bonchev–Trinajstić information content (AvgIpc) is 2.91. The lowest BCUT2D eigenvalue weighted by atomic mass is 10.1. The molecule has 5 heteroatoms. The molecule has 0 bridgehead atoms. The van der Waals surface area contributed by atoms with Gasteiger partial charge in [0.05, 0.1) is 12.6 Å². The lowest BCUT2D eigenvalue weighted by Crippen LogP contribution is -2.37. The smallest absolute Gasteiger partial charge is 0.253 e. The van der Waals surface area contributed by atoms with Gasteiger partial charge in [-0.25, -0.2) is 0 Å². The summed E-state index contributed by atoms with van der Waals surface area (Å²) >= 11 is 0. The largest absolute Gasteiger partial charge is 0.394 e. The van der Waals surface area contributed by atoms with Crippen LogP contribution in [0.5, 0.6) is 0 Å². The van der Waals surface area contributed by atoms with Crippen molar-refractivity contribution in [1.82, 2.24) is 4.90 Å². The van der Waals surface area contributed by atoms with Crippen LogP contribution < -0.4 is 4.90 Å². The first kappa shape index (κ1) is 14.5. The summed E-state index contributed by atoms with van der Waals surface area (Å²) in [5.74, 6) is -0.0493. The summed E-state index contributed by atoms with van der Waals surface area (Å²) in [5.41, 5.74) is 1.30. The Balaban J connectivity index is 2.21. The van der Waals surface area contributed by atoms with Gasteiger partial charge in [0.25, 0.3) is 5.91 Å². The highest BCUT2D eigenvalue weighted by atomic mass is 16.3. The number of aliphatic hydroxyl groups excluding tert-OH is 1. The third-order valence-electron chi connectivity index (χ3n) is 3.72. The molecule has 108 valence electrons. The van der Waals surface area contributed by atoms with Crippen LogP contribution in [0.4, 0.5) is 5.69 Å². The third kappa shape index (κ3) is 2.82. The SMILES string of the molecule is CC(CO)N(C)C(=O)c1cccc(N2CCCC2=O)c1. The minimum Gasteiger partial charge on any atom is -0.394 e. The highest BCUT2D eigenvalue weighted by Gasteiger charge is 2.23. The van der Waals surface area contributed by atoms with Gasteiger partial charge in [0, 0.05) is 31.3 Å². The van der Waals surface area contributed by atoms with Crippen LogP contribution in [-0.2, 0) is 4.79 Å². The first-order valence-electron chi connectivity index (χ1n) is 6.83. The zero-order valence-electron chi connectivity index (χ0n) is 11.9. The van der Waals surface area contributed by atoms with Gasteiger partial charge in [-0.3, -0.25) is 9.59 Å². The van der Waals surface area contributed by atoms with Crippen LogP contribution in [0.2, 0.25) is 0 Å². The maximum Gasteiger partial charge on any atom is 0.253 e. The Morgan fingerprint density at radius 1 is 1.50 bits per heavy atom. The van der Waals surface area contributed by atoms with E-state index >= 15 is 0 Å². The van der Waals surface area contributed by atoms with E-state index in [0.29, 0.717) is 18.5 Å². The minimum absolute atomic E-state index is 0.0768. The Morgan fingerprint density at radius 3 is 2.85 bits per heavy atom. The van der Waals surface area contributed by atoms with Crippen molar-refractivity contribution in [3.8, 4) is 0 Å². The molecule has 1 fully saturated rings. The van der Waals surface area contributed by atoms with Crippen LogP contribution in [-0.4, -0.2) is 48.1 Å². The lowest BCUT2D eigenvalue weighted by Gasteiger charge is -2.24. The average molecular weight is 276 g/mol. The van der Waals surface area contributed by atoms with Crippen molar-refractivity contribution in [1.29, 1.82) is 0 Å².